The van der Waals surface area contributed by atoms with E-state index in [9.17, 15) is 9.59 Å². The first kappa shape index (κ1) is 13.8. The molecule has 0 saturated heterocycles. The van der Waals surface area contributed by atoms with Gasteiger partial charge in [-0.2, -0.15) is 0 Å². The van der Waals surface area contributed by atoms with E-state index in [0.717, 1.165) is 10.0 Å². The zero-order valence-electron chi connectivity index (χ0n) is 11.5. The Labute approximate surface area is 129 Å². The molecule has 21 heavy (non-hydrogen) atoms. The molecule has 0 fully saturated rings. The summed E-state index contributed by atoms with van der Waals surface area (Å²) in [5, 5.41) is 0. The average Bonchev–Trinajstić information content (AvgIpc) is 2.73. The van der Waals surface area contributed by atoms with Crippen LogP contribution in [0.2, 0.25) is 0 Å². The lowest BCUT2D eigenvalue weighted by molar-refractivity contribution is 0.103. The Balaban J connectivity index is 2.17. The van der Waals surface area contributed by atoms with Gasteiger partial charge in [-0.1, -0.05) is 28.1 Å². The molecular formula is C16H12BrNO3. The van der Waals surface area contributed by atoms with Crippen molar-refractivity contribution in [2.24, 2.45) is 7.05 Å². The maximum atomic E-state index is 12.5. The van der Waals surface area contributed by atoms with Gasteiger partial charge in [0.2, 0.25) is 0 Å². The summed E-state index contributed by atoms with van der Waals surface area (Å²) in [7, 11) is 1.65. The predicted octanol–water partition coefficient (Wildman–Crippen LogP) is 3.43. The second kappa shape index (κ2) is 5.00. The molecule has 0 aliphatic carbocycles. The van der Waals surface area contributed by atoms with Crippen molar-refractivity contribution >= 4 is 32.8 Å². The summed E-state index contributed by atoms with van der Waals surface area (Å²) in [6.45, 7) is 1.86. The number of rotatable bonds is 2. The third-order valence-corrected chi connectivity index (χ3v) is 3.91. The highest BCUT2D eigenvalue weighted by Crippen LogP contribution is 2.22. The van der Waals surface area contributed by atoms with Crippen LogP contribution in [0.1, 0.15) is 21.5 Å². The standard InChI is InChI=1S/C16H12BrNO3/c1-9-6-11(8-13-14(9)18(2)16(20)21-13)15(19)10-4-3-5-12(17)7-10/h3-8H,1-2H3. The Bertz CT molecular complexity index is 921. The second-order valence-corrected chi connectivity index (χ2v) is 5.82. The van der Waals surface area contributed by atoms with Gasteiger partial charge in [0.05, 0.1) is 5.52 Å². The lowest BCUT2D eigenvalue weighted by atomic mass is 10.0. The SMILES string of the molecule is Cc1cc(C(=O)c2cccc(Br)c2)cc2oc(=O)n(C)c12. The summed E-state index contributed by atoms with van der Waals surface area (Å²) in [6, 6.07) is 10.6. The third-order valence-electron chi connectivity index (χ3n) is 3.42. The molecule has 0 atom stereocenters. The molecule has 3 rings (SSSR count). The molecule has 106 valence electrons. The van der Waals surface area contributed by atoms with E-state index in [2.05, 4.69) is 15.9 Å². The summed E-state index contributed by atoms with van der Waals surface area (Å²) in [5.41, 5.74) is 3.07. The van der Waals surface area contributed by atoms with Crippen LogP contribution < -0.4 is 5.76 Å². The highest BCUT2D eigenvalue weighted by atomic mass is 79.9. The summed E-state index contributed by atoms with van der Waals surface area (Å²) in [6.07, 6.45) is 0. The number of nitrogens with zero attached hydrogens (tertiary/aromatic N) is 1. The predicted molar refractivity (Wildman–Crippen MR) is 83.8 cm³/mol. The zero-order chi connectivity index (χ0) is 15.1. The van der Waals surface area contributed by atoms with E-state index in [1.165, 1.54) is 4.57 Å². The van der Waals surface area contributed by atoms with Gasteiger partial charge in [0, 0.05) is 22.6 Å². The fourth-order valence-electron chi connectivity index (χ4n) is 2.44. The number of carbonyl (C=O) groups excluding carboxylic acids is 1. The Morgan fingerprint density at radius 2 is 1.95 bits per heavy atom. The first-order valence-electron chi connectivity index (χ1n) is 6.38. The molecular weight excluding hydrogens is 334 g/mol. The van der Waals surface area contributed by atoms with Crippen LogP contribution in [-0.2, 0) is 7.05 Å². The van der Waals surface area contributed by atoms with E-state index < -0.39 is 5.76 Å². The van der Waals surface area contributed by atoms with E-state index in [1.54, 1.807) is 31.3 Å². The average molecular weight is 346 g/mol. The first-order valence-corrected chi connectivity index (χ1v) is 7.17. The minimum absolute atomic E-state index is 0.104. The van der Waals surface area contributed by atoms with Crippen LogP contribution in [0.5, 0.6) is 0 Å². The Morgan fingerprint density at radius 1 is 1.19 bits per heavy atom. The molecule has 0 N–H and O–H groups in total. The van der Waals surface area contributed by atoms with E-state index >= 15 is 0 Å². The second-order valence-electron chi connectivity index (χ2n) is 4.91. The fourth-order valence-corrected chi connectivity index (χ4v) is 2.84. The molecule has 1 aromatic heterocycles. The molecule has 0 spiro atoms. The third kappa shape index (κ3) is 2.34. The molecule has 0 aliphatic heterocycles. The molecule has 0 saturated carbocycles. The summed E-state index contributed by atoms with van der Waals surface area (Å²) in [5.74, 6) is -0.534. The van der Waals surface area contributed by atoms with Crippen molar-refractivity contribution in [3.8, 4) is 0 Å². The van der Waals surface area contributed by atoms with Crippen LogP contribution in [0.15, 0.2) is 50.1 Å². The van der Waals surface area contributed by atoms with Crippen LogP contribution in [0.4, 0.5) is 0 Å². The number of carbonyl (C=O) groups is 1. The van der Waals surface area contributed by atoms with E-state index in [4.69, 9.17) is 4.42 Å². The van der Waals surface area contributed by atoms with E-state index in [-0.39, 0.29) is 5.78 Å². The molecule has 0 unspecified atom stereocenters. The molecule has 2 aromatic carbocycles. The number of hydrogen-bond acceptors (Lipinski definition) is 3. The number of aryl methyl sites for hydroxylation is 2. The van der Waals surface area contributed by atoms with Crippen molar-refractivity contribution in [3.63, 3.8) is 0 Å². The van der Waals surface area contributed by atoms with Crippen LogP contribution >= 0.6 is 15.9 Å². The van der Waals surface area contributed by atoms with Gasteiger partial charge in [-0.25, -0.2) is 4.79 Å². The van der Waals surface area contributed by atoms with E-state index in [1.807, 2.05) is 19.1 Å². The van der Waals surface area contributed by atoms with Crippen LogP contribution in [0.25, 0.3) is 11.1 Å². The van der Waals surface area contributed by atoms with Crippen LogP contribution in [0.3, 0.4) is 0 Å². The van der Waals surface area contributed by atoms with E-state index in [0.29, 0.717) is 22.2 Å². The van der Waals surface area contributed by atoms with Crippen molar-refractivity contribution in [3.05, 3.63) is 68.1 Å². The minimum atomic E-state index is -0.430. The summed E-state index contributed by atoms with van der Waals surface area (Å²) in [4.78, 5) is 24.1. The van der Waals surface area contributed by atoms with Gasteiger partial charge in [0.25, 0.3) is 0 Å². The molecule has 1 heterocycles. The Kier molecular flexibility index (Phi) is 3.29. The Morgan fingerprint density at radius 3 is 2.67 bits per heavy atom. The number of fused-ring (bicyclic) bond motifs is 1. The molecule has 3 aromatic rings. The first-order chi connectivity index (χ1) is 9.97. The van der Waals surface area contributed by atoms with Gasteiger partial charge in [0.15, 0.2) is 11.4 Å². The normalized spacial score (nSPS) is 11.0. The highest BCUT2D eigenvalue weighted by molar-refractivity contribution is 9.10. The van der Waals surface area contributed by atoms with Crippen molar-refractivity contribution in [2.75, 3.05) is 0 Å². The molecule has 0 aliphatic rings. The van der Waals surface area contributed by atoms with Crippen molar-refractivity contribution in [1.82, 2.24) is 4.57 Å². The van der Waals surface area contributed by atoms with Crippen molar-refractivity contribution in [2.45, 2.75) is 6.92 Å². The number of hydrogen-bond donors (Lipinski definition) is 0. The maximum Gasteiger partial charge on any atom is 0.419 e. The van der Waals surface area contributed by atoms with Gasteiger partial charge in [-0.3, -0.25) is 9.36 Å². The van der Waals surface area contributed by atoms with Gasteiger partial charge in [0.1, 0.15) is 0 Å². The van der Waals surface area contributed by atoms with Crippen molar-refractivity contribution in [1.29, 1.82) is 0 Å². The van der Waals surface area contributed by atoms with Gasteiger partial charge in [-0.15, -0.1) is 0 Å². The maximum absolute atomic E-state index is 12.5. The largest absolute Gasteiger partial charge is 0.419 e. The highest BCUT2D eigenvalue weighted by Gasteiger charge is 2.15. The lowest BCUT2D eigenvalue weighted by Gasteiger charge is -2.04. The molecule has 0 bridgehead atoms. The number of halogens is 1. The molecule has 0 radical (unpaired) electrons. The summed E-state index contributed by atoms with van der Waals surface area (Å²) < 4.78 is 7.46. The van der Waals surface area contributed by atoms with Crippen LogP contribution in [0, 0.1) is 6.92 Å². The topological polar surface area (TPSA) is 52.2 Å². The number of benzene rings is 2. The van der Waals surface area contributed by atoms with Crippen LogP contribution in [-0.4, -0.2) is 10.4 Å². The monoisotopic (exact) mass is 345 g/mol. The minimum Gasteiger partial charge on any atom is -0.408 e. The van der Waals surface area contributed by atoms with Crippen molar-refractivity contribution < 1.29 is 9.21 Å². The number of oxazole rings is 1. The van der Waals surface area contributed by atoms with Gasteiger partial charge < -0.3 is 4.42 Å². The lowest BCUT2D eigenvalue weighted by Crippen LogP contribution is -2.09. The zero-order valence-corrected chi connectivity index (χ0v) is 13.1. The smallest absolute Gasteiger partial charge is 0.408 e. The number of aromatic nitrogens is 1. The quantitative estimate of drug-likeness (QED) is 0.668. The fraction of sp³-hybridized carbons (Fsp3) is 0.125. The summed E-state index contributed by atoms with van der Waals surface area (Å²) >= 11 is 3.35. The molecule has 4 nitrogen and oxygen atoms in total. The Hall–Kier alpha value is -2.14. The number of ketones is 1. The molecule has 0 amide bonds. The molecule has 5 heteroatoms. The van der Waals surface area contributed by atoms with Gasteiger partial charge >= 0.3 is 5.76 Å². The van der Waals surface area contributed by atoms with Gasteiger partial charge in [-0.05, 0) is 36.8 Å².